The lowest BCUT2D eigenvalue weighted by molar-refractivity contribution is 0.0528. The van der Waals surface area contributed by atoms with Crippen molar-refractivity contribution in [1.82, 2.24) is 10.2 Å². The van der Waals surface area contributed by atoms with E-state index < -0.39 is 0 Å². The summed E-state index contributed by atoms with van der Waals surface area (Å²) in [5.41, 5.74) is 0. The van der Waals surface area contributed by atoms with Gasteiger partial charge >= 0.3 is 0 Å². The van der Waals surface area contributed by atoms with Gasteiger partial charge in [0.05, 0.1) is 6.10 Å². The van der Waals surface area contributed by atoms with Crippen LogP contribution in [0, 0.1) is 5.92 Å². The standard InChI is InChI=1S/C11H22N2O/c1-2-9-4-3-5-13(8-9)10-6-12-7-11(10)14/h9-12,14H,2-8H2,1H3/t9?,10-,11-/m1/s1. The number of hydrogen-bond acceptors (Lipinski definition) is 3. The quantitative estimate of drug-likeness (QED) is 0.676. The molecule has 2 aliphatic heterocycles. The Morgan fingerprint density at radius 2 is 2.29 bits per heavy atom. The molecular weight excluding hydrogens is 176 g/mol. The van der Waals surface area contributed by atoms with E-state index in [-0.39, 0.29) is 6.10 Å². The third-order valence-corrected chi connectivity index (χ3v) is 3.75. The maximum Gasteiger partial charge on any atom is 0.0831 e. The summed E-state index contributed by atoms with van der Waals surface area (Å²) in [6, 6.07) is 0.379. The van der Waals surface area contributed by atoms with E-state index in [2.05, 4.69) is 17.1 Å². The van der Waals surface area contributed by atoms with Crippen molar-refractivity contribution in [1.29, 1.82) is 0 Å². The normalized spacial score (nSPS) is 40.3. The molecule has 2 N–H and O–H groups in total. The monoisotopic (exact) mass is 198 g/mol. The van der Waals surface area contributed by atoms with Crippen molar-refractivity contribution in [2.24, 2.45) is 5.92 Å². The van der Waals surface area contributed by atoms with Crippen LogP contribution in [0.1, 0.15) is 26.2 Å². The van der Waals surface area contributed by atoms with E-state index in [0.29, 0.717) is 6.04 Å². The highest BCUT2D eigenvalue weighted by molar-refractivity contribution is 4.90. The van der Waals surface area contributed by atoms with Gasteiger partial charge in [-0.2, -0.15) is 0 Å². The number of β-amino-alcohol motifs (C(OH)–C–C–N with tert-alkyl or cyclic N) is 1. The second-order valence-corrected chi connectivity index (χ2v) is 4.70. The molecule has 1 unspecified atom stereocenters. The number of aliphatic hydroxyl groups excluding tert-OH is 1. The van der Waals surface area contributed by atoms with Crippen molar-refractivity contribution in [3.8, 4) is 0 Å². The van der Waals surface area contributed by atoms with Crippen LogP contribution in [0.5, 0.6) is 0 Å². The predicted molar refractivity (Wildman–Crippen MR) is 57.3 cm³/mol. The van der Waals surface area contributed by atoms with Crippen LogP contribution in [0.25, 0.3) is 0 Å². The van der Waals surface area contributed by atoms with Crippen molar-refractivity contribution in [2.45, 2.75) is 38.3 Å². The largest absolute Gasteiger partial charge is 0.390 e. The average molecular weight is 198 g/mol. The molecule has 0 saturated carbocycles. The summed E-state index contributed by atoms with van der Waals surface area (Å²) in [6.45, 7) is 6.40. The highest BCUT2D eigenvalue weighted by Crippen LogP contribution is 2.22. The molecule has 2 fully saturated rings. The molecule has 3 atom stereocenters. The van der Waals surface area contributed by atoms with Crippen LogP contribution >= 0.6 is 0 Å². The Kier molecular flexibility index (Phi) is 3.42. The Bertz CT molecular complexity index is 186. The molecule has 3 heteroatoms. The fraction of sp³-hybridized carbons (Fsp3) is 1.00. The van der Waals surface area contributed by atoms with Gasteiger partial charge in [0.25, 0.3) is 0 Å². The minimum absolute atomic E-state index is 0.148. The van der Waals surface area contributed by atoms with Gasteiger partial charge < -0.3 is 10.4 Å². The number of rotatable bonds is 2. The lowest BCUT2D eigenvalue weighted by Gasteiger charge is -2.37. The smallest absolute Gasteiger partial charge is 0.0831 e. The zero-order valence-electron chi connectivity index (χ0n) is 9.08. The van der Waals surface area contributed by atoms with E-state index in [4.69, 9.17) is 0 Å². The van der Waals surface area contributed by atoms with Gasteiger partial charge in [-0.3, -0.25) is 4.90 Å². The van der Waals surface area contributed by atoms with Gasteiger partial charge in [-0.25, -0.2) is 0 Å². The molecule has 0 aromatic carbocycles. The van der Waals surface area contributed by atoms with E-state index >= 15 is 0 Å². The number of piperidine rings is 1. The van der Waals surface area contributed by atoms with Gasteiger partial charge in [0.1, 0.15) is 0 Å². The highest BCUT2D eigenvalue weighted by Gasteiger charge is 2.32. The zero-order valence-corrected chi connectivity index (χ0v) is 9.08. The van der Waals surface area contributed by atoms with Crippen LogP contribution in [0.3, 0.4) is 0 Å². The molecular formula is C11H22N2O. The van der Waals surface area contributed by atoms with Crippen LogP contribution in [0.15, 0.2) is 0 Å². The predicted octanol–water partition coefficient (Wildman–Crippen LogP) is 0.441. The average Bonchev–Trinajstić information content (AvgIpc) is 2.65. The van der Waals surface area contributed by atoms with Gasteiger partial charge in [0.15, 0.2) is 0 Å². The Hall–Kier alpha value is -0.120. The molecule has 0 aromatic heterocycles. The Morgan fingerprint density at radius 3 is 2.93 bits per heavy atom. The van der Waals surface area contributed by atoms with Crippen LogP contribution in [0.2, 0.25) is 0 Å². The van der Waals surface area contributed by atoms with Crippen LogP contribution in [-0.2, 0) is 0 Å². The van der Waals surface area contributed by atoms with Gasteiger partial charge in [-0.05, 0) is 25.3 Å². The first kappa shape index (κ1) is 10.4. The second kappa shape index (κ2) is 4.60. The first-order valence-corrected chi connectivity index (χ1v) is 5.94. The van der Waals surface area contributed by atoms with Crippen molar-refractivity contribution < 1.29 is 5.11 Å². The molecule has 82 valence electrons. The fourth-order valence-corrected chi connectivity index (χ4v) is 2.76. The molecule has 14 heavy (non-hydrogen) atoms. The molecule has 0 spiro atoms. The van der Waals surface area contributed by atoms with Crippen LogP contribution in [0.4, 0.5) is 0 Å². The lowest BCUT2D eigenvalue weighted by atomic mass is 9.94. The maximum absolute atomic E-state index is 9.80. The first-order chi connectivity index (χ1) is 6.81. The third kappa shape index (κ3) is 2.10. The van der Waals surface area contributed by atoms with E-state index in [1.54, 1.807) is 0 Å². The number of hydrogen-bond donors (Lipinski definition) is 2. The second-order valence-electron chi connectivity index (χ2n) is 4.70. The molecule has 2 rings (SSSR count). The molecule has 0 radical (unpaired) electrons. The third-order valence-electron chi connectivity index (χ3n) is 3.75. The number of nitrogens with one attached hydrogen (secondary N) is 1. The zero-order chi connectivity index (χ0) is 9.97. The molecule has 0 amide bonds. The van der Waals surface area contributed by atoms with E-state index in [1.165, 1.54) is 32.4 Å². The summed E-state index contributed by atoms with van der Waals surface area (Å²) < 4.78 is 0. The van der Waals surface area contributed by atoms with Crippen molar-refractivity contribution in [3.63, 3.8) is 0 Å². The molecule has 0 aromatic rings. The number of aliphatic hydroxyl groups is 1. The van der Waals surface area contributed by atoms with Crippen molar-refractivity contribution in [2.75, 3.05) is 26.2 Å². The summed E-state index contributed by atoms with van der Waals surface area (Å²) in [4.78, 5) is 2.49. The van der Waals surface area contributed by atoms with Crippen molar-refractivity contribution in [3.05, 3.63) is 0 Å². The highest BCUT2D eigenvalue weighted by atomic mass is 16.3. The fourth-order valence-electron chi connectivity index (χ4n) is 2.76. The van der Waals surface area contributed by atoms with Crippen LogP contribution in [-0.4, -0.2) is 48.3 Å². The lowest BCUT2D eigenvalue weighted by Crippen LogP contribution is -2.48. The summed E-state index contributed by atoms with van der Waals surface area (Å²) >= 11 is 0. The summed E-state index contributed by atoms with van der Waals surface area (Å²) in [5.74, 6) is 0.858. The van der Waals surface area contributed by atoms with E-state index in [1.807, 2.05) is 0 Å². The molecule has 2 heterocycles. The van der Waals surface area contributed by atoms with Gasteiger partial charge in [0, 0.05) is 25.7 Å². The molecule has 3 nitrogen and oxygen atoms in total. The topological polar surface area (TPSA) is 35.5 Å². The van der Waals surface area contributed by atoms with Crippen LogP contribution < -0.4 is 5.32 Å². The summed E-state index contributed by atoms with van der Waals surface area (Å²) in [6.07, 6.45) is 3.82. The van der Waals surface area contributed by atoms with E-state index in [9.17, 15) is 5.11 Å². The van der Waals surface area contributed by atoms with Gasteiger partial charge in [-0.15, -0.1) is 0 Å². The SMILES string of the molecule is CCC1CCCN([C@@H]2CNC[C@H]2O)C1. The minimum atomic E-state index is -0.148. The summed E-state index contributed by atoms with van der Waals surface area (Å²) in [5, 5.41) is 13.1. The van der Waals surface area contributed by atoms with Gasteiger partial charge in [0.2, 0.25) is 0 Å². The molecule has 0 aliphatic carbocycles. The van der Waals surface area contributed by atoms with E-state index in [0.717, 1.165) is 19.0 Å². The minimum Gasteiger partial charge on any atom is -0.390 e. The number of nitrogens with zero attached hydrogens (tertiary/aromatic N) is 1. The maximum atomic E-state index is 9.80. The molecule has 2 saturated heterocycles. The van der Waals surface area contributed by atoms with Crippen molar-refractivity contribution >= 4 is 0 Å². The Morgan fingerprint density at radius 1 is 1.43 bits per heavy atom. The molecule has 2 aliphatic rings. The Labute approximate surface area is 86.5 Å². The first-order valence-electron chi connectivity index (χ1n) is 5.94. The number of likely N-dealkylation sites (tertiary alicyclic amines) is 1. The van der Waals surface area contributed by atoms with Gasteiger partial charge in [-0.1, -0.05) is 13.3 Å². The Balaban J connectivity index is 1.90. The molecule has 0 bridgehead atoms. The summed E-state index contributed by atoms with van der Waals surface area (Å²) in [7, 11) is 0.